The molecule has 0 bridgehead atoms. The Morgan fingerprint density at radius 2 is 1.80 bits per heavy atom. The quantitative estimate of drug-likeness (QED) is 0.751. The zero-order chi connectivity index (χ0) is 15.3. The lowest BCUT2D eigenvalue weighted by molar-refractivity contribution is 0.471. The Labute approximate surface area is 131 Å². The van der Waals surface area contributed by atoms with Crippen LogP contribution in [-0.4, -0.2) is 19.8 Å². The largest absolute Gasteiger partial charge is 0.240 e. The number of aryl methyl sites for hydroxylation is 2. The van der Waals surface area contributed by atoms with Crippen molar-refractivity contribution < 1.29 is 8.42 Å². The van der Waals surface area contributed by atoms with Crippen molar-refractivity contribution in [3.05, 3.63) is 29.3 Å². The van der Waals surface area contributed by atoms with Crippen LogP contribution in [0.5, 0.6) is 0 Å². The molecule has 1 rings (SSSR count). The van der Waals surface area contributed by atoms with E-state index in [9.17, 15) is 8.42 Å². The van der Waals surface area contributed by atoms with Crippen LogP contribution in [0.25, 0.3) is 0 Å². The molecule has 0 saturated heterocycles. The molecule has 0 aliphatic rings. The van der Waals surface area contributed by atoms with Crippen molar-refractivity contribution in [2.75, 3.05) is 6.54 Å². The molecule has 1 N–H and O–H groups in total. The van der Waals surface area contributed by atoms with Crippen molar-refractivity contribution >= 4 is 26.0 Å². The molecular formula is C15H24BrNO2S. The van der Waals surface area contributed by atoms with E-state index in [0.29, 0.717) is 17.4 Å². The van der Waals surface area contributed by atoms with Gasteiger partial charge in [0.1, 0.15) is 0 Å². The number of sulfonamides is 1. The number of rotatable bonds is 7. The number of nitrogens with one attached hydrogen (secondary N) is 1. The molecule has 0 aromatic heterocycles. The zero-order valence-corrected chi connectivity index (χ0v) is 15.0. The number of alkyl halides is 1. The summed E-state index contributed by atoms with van der Waals surface area (Å²) in [6.07, 6.45) is 2.08. The van der Waals surface area contributed by atoms with Gasteiger partial charge in [-0.3, -0.25) is 0 Å². The lowest BCUT2D eigenvalue weighted by Gasteiger charge is -2.20. The first kappa shape index (κ1) is 17.7. The normalized spacial score (nSPS) is 13.7. The van der Waals surface area contributed by atoms with Crippen LogP contribution in [0.2, 0.25) is 0 Å². The summed E-state index contributed by atoms with van der Waals surface area (Å²) < 4.78 is 27.4. The fourth-order valence-corrected chi connectivity index (χ4v) is 4.74. The van der Waals surface area contributed by atoms with Crippen LogP contribution in [0.1, 0.15) is 37.8 Å². The van der Waals surface area contributed by atoms with Gasteiger partial charge in [0.05, 0.1) is 4.90 Å². The highest BCUT2D eigenvalue weighted by Crippen LogP contribution is 2.21. The van der Waals surface area contributed by atoms with Gasteiger partial charge in [-0.05, 0) is 31.4 Å². The van der Waals surface area contributed by atoms with Crippen molar-refractivity contribution in [1.29, 1.82) is 0 Å². The lowest BCUT2D eigenvalue weighted by Crippen LogP contribution is -2.33. The van der Waals surface area contributed by atoms with Crippen LogP contribution in [0, 0.1) is 19.8 Å². The van der Waals surface area contributed by atoms with E-state index in [1.165, 1.54) is 0 Å². The van der Waals surface area contributed by atoms with Gasteiger partial charge < -0.3 is 0 Å². The smallest absolute Gasteiger partial charge is 0.210 e. The first-order valence-electron chi connectivity index (χ1n) is 7.02. The molecule has 0 radical (unpaired) electrons. The molecule has 114 valence electrons. The first-order valence-corrected chi connectivity index (χ1v) is 9.42. The maximum absolute atomic E-state index is 12.3. The maximum Gasteiger partial charge on any atom is 0.240 e. The van der Waals surface area contributed by atoms with E-state index < -0.39 is 10.0 Å². The minimum atomic E-state index is -3.43. The van der Waals surface area contributed by atoms with Gasteiger partial charge in [-0.15, -0.1) is 0 Å². The zero-order valence-electron chi connectivity index (χ0n) is 12.6. The lowest BCUT2D eigenvalue weighted by atomic mass is 10.00. The molecule has 3 nitrogen and oxygen atoms in total. The summed E-state index contributed by atoms with van der Waals surface area (Å²) in [5.41, 5.74) is 1.85. The Morgan fingerprint density at radius 3 is 2.30 bits per heavy atom. The molecule has 0 fully saturated rings. The van der Waals surface area contributed by atoms with E-state index in [1.54, 1.807) is 6.07 Å². The molecule has 5 heteroatoms. The Hall–Kier alpha value is -0.390. The van der Waals surface area contributed by atoms with E-state index >= 15 is 0 Å². The van der Waals surface area contributed by atoms with Gasteiger partial charge in [0.15, 0.2) is 0 Å². The Morgan fingerprint density at radius 1 is 1.20 bits per heavy atom. The van der Waals surface area contributed by atoms with Gasteiger partial charge >= 0.3 is 0 Å². The van der Waals surface area contributed by atoms with Crippen LogP contribution in [0.3, 0.4) is 0 Å². The van der Waals surface area contributed by atoms with Gasteiger partial charge in [0.25, 0.3) is 0 Å². The third kappa shape index (κ3) is 4.57. The summed E-state index contributed by atoms with van der Waals surface area (Å²) in [5, 5.41) is 0. The molecule has 1 aromatic rings. The van der Waals surface area contributed by atoms with Crippen LogP contribution in [0.15, 0.2) is 23.1 Å². The molecule has 1 atom stereocenters. The predicted molar refractivity (Wildman–Crippen MR) is 87.9 cm³/mol. The van der Waals surface area contributed by atoms with E-state index in [-0.39, 0.29) is 4.83 Å². The van der Waals surface area contributed by atoms with Crippen LogP contribution < -0.4 is 4.72 Å². The van der Waals surface area contributed by atoms with E-state index in [2.05, 4.69) is 34.5 Å². The third-order valence-corrected chi connectivity index (χ3v) is 6.30. The van der Waals surface area contributed by atoms with Crippen LogP contribution in [0.4, 0.5) is 0 Å². The van der Waals surface area contributed by atoms with E-state index in [4.69, 9.17) is 0 Å². The van der Waals surface area contributed by atoms with Crippen LogP contribution >= 0.6 is 15.9 Å². The summed E-state index contributed by atoms with van der Waals surface area (Å²) in [6.45, 7) is 8.45. The summed E-state index contributed by atoms with van der Waals surface area (Å²) >= 11 is 3.59. The summed E-state index contributed by atoms with van der Waals surface area (Å²) in [4.78, 5) is 0.533. The van der Waals surface area contributed by atoms with Crippen molar-refractivity contribution in [2.45, 2.75) is 50.3 Å². The van der Waals surface area contributed by atoms with Crippen molar-refractivity contribution in [3.8, 4) is 0 Å². The summed E-state index contributed by atoms with van der Waals surface area (Å²) in [7, 11) is -3.43. The number of halogens is 1. The van der Waals surface area contributed by atoms with E-state index in [0.717, 1.165) is 24.0 Å². The van der Waals surface area contributed by atoms with Crippen LogP contribution in [-0.2, 0) is 10.0 Å². The second-order valence-electron chi connectivity index (χ2n) is 5.21. The fraction of sp³-hybridized carbons (Fsp3) is 0.600. The maximum atomic E-state index is 12.3. The Kier molecular flexibility index (Phi) is 6.69. The Balaban J connectivity index is 2.80. The highest BCUT2D eigenvalue weighted by Gasteiger charge is 2.21. The second kappa shape index (κ2) is 7.57. The molecule has 0 heterocycles. The molecule has 0 aliphatic heterocycles. The van der Waals surface area contributed by atoms with Crippen molar-refractivity contribution in [3.63, 3.8) is 0 Å². The molecule has 0 saturated carbocycles. The molecule has 1 aromatic carbocycles. The second-order valence-corrected chi connectivity index (χ2v) is 8.12. The van der Waals surface area contributed by atoms with Gasteiger partial charge in [0.2, 0.25) is 10.0 Å². The average Bonchev–Trinajstić information content (AvgIpc) is 2.37. The summed E-state index contributed by atoms with van der Waals surface area (Å²) in [6, 6.07) is 5.39. The van der Waals surface area contributed by atoms with Gasteiger partial charge in [-0.2, -0.15) is 0 Å². The predicted octanol–water partition coefficient (Wildman–Crippen LogP) is 3.78. The fourth-order valence-electron chi connectivity index (χ4n) is 2.33. The van der Waals surface area contributed by atoms with Crippen molar-refractivity contribution in [2.24, 2.45) is 5.92 Å². The molecule has 0 amide bonds. The van der Waals surface area contributed by atoms with Gasteiger partial charge in [0, 0.05) is 11.4 Å². The molecule has 20 heavy (non-hydrogen) atoms. The number of hydrogen-bond donors (Lipinski definition) is 1. The standard InChI is InChI=1S/C15H24BrNO2S/c1-5-13(6-2)14(16)10-17-20(18,19)15-8-7-11(3)9-12(15)4/h7-9,13-14,17H,5-6,10H2,1-4H3. The summed E-state index contributed by atoms with van der Waals surface area (Å²) in [5.74, 6) is 0.483. The molecular weight excluding hydrogens is 338 g/mol. The highest BCUT2D eigenvalue weighted by molar-refractivity contribution is 9.09. The van der Waals surface area contributed by atoms with E-state index in [1.807, 2.05) is 26.0 Å². The monoisotopic (exact) mass is 361 g/mol. The average molecular weight is 362 g/mol. The molecule has 0 spiro atoms. The topological polar surface area (TPSA) is 46.2 Å². The minimum absolute atomic E-state index is 0.165. The molecule has 1 unspecified atom stereocenters. The third-order valence-electron chi connectivity index (χ3n) is 3.65. The minimum Gasteiger partial charge on any atom is -0.210 e. The van der Waals surface area contributed by atoms with Crippen molar-refractivity contribution in [1.82, 2.24) is 4.72 Å². The van der Waals surface area contributed by atoms with Gasteiger partial charge in [-0.25, -0.2) is 13.1 Å². The Bertz CT molecular complexity index is 539. The van der Waals surface area contributed by atoms with Gasteiger partial charge in [-0.1, -0.05) is 60.3 Å². The highest BCUT2D eigenvalue weighted by atomic mass is 79.9. The number of hydrogen-bond acceptors (Lipinski definition) is 2. The molecule has 0 aliphatic carbocycles. The SMILES string of the molecule is CCC(CC)C(Br)CNS(=O)(=O)c1ccc(C)cc1C. The first-order chi connectivity index (χ1) is 9.31. The number of benzene rings is 1.